The lowest BCUT2D eigenvalue weighted by atomic mass is 10.00. The van der Waals surface area contributed by atoms with Gasteiger partial charge in [0.25, 0.3) is 0 Å². The zero-order chi connectivity index (χ0) is 12.3. The molecule has 2 heterocycles. The number of likely N-dealkylation sites (tertiary alicyclic amines) is 1. The van der Waals surface area contributed by atoms with Crippen molar-refractivity contribution in [2.75, 3.05) is 18.4 Å². The maximum absolute atomic E-state index is 12.0. The number of rotatable bonds is 1. The lowest BCUT2D eigenvalue weighted by Crippen LogP contribution is -2.40. The molecule has 4 heteroatoms. The lowest BCUT2D eigenvalue weighted by molar-refractivity contribution is 0.186. The molecule has 0 bridgehead atoms. The van der Waals surface area contributed by atoms with Crippen LogP contribution in [-0.2, 0) is 0 Å². The molecule has 2 rings (SSSR count). The van der Waals surface area contributed by atoms with Gasteiger partial charge in [0.05, 0.1) is 0 Å². The van der Waals surface area contributed by atoms with Crippen molar-refractivity contribution in [2.24, 2.45) is 5.92 Å². The molecule has 0 aromatic carbocycles. The van der Waals surface area contributed by atoms with E-state index in [1.165, 1.54) is 0 Å². The molecular formula is C13H19N3O. The Morgan fingerprint density at radius 2 is 2.12 bits per heavy atom. The molecular weight excluding hydrogens is 214 g/mol. The van der Waals surface area contributed by atoms with Crippen LogP contribution in [-0.4, -0.2) is 29.0 Å². The van der Waals surface area contributed by atoms with Crippen LogP contribution in [0.25, 0.3) is 0 Å². The monoisotopic (exact) mass is 233 g/mol. The molecule has 1 saturated heterocycles. The molecule has 92 valence electrons. The molecule has 1 aromatic rings. The number of carbonyl (C=O) groups is 1. The van der Waals surface area contributed by atoms with Crippen molar-refractivity contribution >= 4 is 11.8 Å². The summed E-state index contributed by atoms with van der Waals surface area (Å²) in [7, 11) is 0. The Morgan fingerprint density at radius 1 is 1.41 bits per heavy atom. The average molecular weight is 233 g/mol. The van der Waals surface area contributed by atoms with Gasteiger partial charge < -0.3 is 4.90 Å². The topological polar surface area (TPSA) is 45.2 Å². The van der Waals surface area contributed by atoms with Crippen molar-refractivity contribution in [1.82, 2.24) is 9.88 Å². The molecule has 1 aliphatic heterocycles. The van der Waals surface area contributed by atoms with Crippen LogP contribution in [0.2, 0.25) is 0 Å². The van der Waals surface area contributed by atoms with Crippen molar-refractivity contribution in [2.45, 2.75) is 26.7 Å². The minimum atomic E-state index is -0.0324. The molecule has 0 spiro atoms. The van der Waals surface area contributed by atoms with Gasteiger partial charge in [-0.1, -0.05) is 13.0 Å². The Balaban J connectivity index is 1.93. The first-order chi connectivity index (χ1) is 8.15. The van der Waals surface area contributed by atoms with E-state index in [-0.39, 0.29) is 6.03 Å². The number of anilines is 1. The van der Waals surface area contributed by atoms with Crippen molar-refractivity contribution in [3.05, 3.63) is 23.9 Å². The highest BCUT2D eigenvalue weighted by molar-refractivity contribution is 5.88. The van der Waals surface area contributed by atoms with Crippen LogP contribution in [0.3, 0.4) is 0 Å². The molecule has 0 atom stereocenters. The molecule has 0 unspecified atom stereocenters. The van der Waals surface area contributed by atoms with E-state index in [4.69, 9.17) is 0 Å². The number of hydrogen-bond donors (Lipinski definition) is 1. The molecule has 2 amide bonds. The number of urea groups is 1. The van der Waals surface area contributed by atoms with Crippen LogP contribution >= 0.6 is 0 Å². The number of carbonyl (C=O) groups excluding carboxylic acids is 1. The summed E-state index contributed by atoms with van der Waals surface area (Å²) >= 11 is 0. The highest BCUT2D eigenvalue weighted by Gasteiger charge is 2.20. The first-order valence-electron chi connectivity index (χ1n) is 6.15. The van der Waals surface area contributed by atoms with Gasteiger partial charge in [-0.05, 0) is 37.8 Å². The average Bonchev–Trinajstić information content (AvgIpc) is 2.29. The summed E-state index contributed by atoms with van der Waals surface area (Å²) in [5, 5.41) is 2.84. The molecule has 0 aliphatic carbocycles. The fraction of sp³-hybridized carbons (Fsp3) is 0.538. The normalized spacial score (nSPS) is 16.9. The maximum Gasteiger partial charge on any atom is 0.323 e. The van der Waals surface area contributed by atoms with Crippen molar-refractivity contribution in [1.29, 1.82) is 0 Å². The zero-order valence-corrected chi connectivity index (χ0v) is 10.4. The number of piperidine rings is 1. The first-order valence-corrected chi connectivity index (χ1v) is 6.15. The molecule has 17 heavy (non-hydrogen) atoms. The number of aryl methyl sites for hydroxylation is 1. The van der Waals surface area contributed by atoms with Crippen LogP contribution in [0.4, 0.5) is 10.6 Å². The van der Waals surface area contributed by atoms with Crippen LogP contribution in [0.1, 0.15) is 25.5 Å². The van der Waals surface area contributed by atoms with E-state index >= 15 is 0 Å². The van der Waals surface area contributed by atoms with E-state index in [1.54, 1.807) is 0 Å². The SMILES string of the molecule is Cc1cccc(NC(=O)N2CCC(C)CC2)n1. The fourth-order valence-electron chi connectivity index (χ4n) is 2.01. The van der Waals surface area contributed by atoms with Crippen LogP contribution in [0.5, 0.6) is 0 Å². The largest absolute Gasteiger partial charge is 0.324 e. The number of aromatic nitrogens is 1. The second kappa shape index (κ2) is 5.17. The second-order valence-corrected chi connectivity index (χ2v) is 4.76. The van der Waals surface area contributed by atoms with E-state index < -0.39 is 0 Å². The Labute approximate surface area is 102 Å². The first kappa shape index (κ1) is 11.9. The highest BCUT2D eigenvalue weighted by atomic mass is 16.2. The highest BCUT2D eigenvalue weighted by Crippen LogP contribution is 2.16. The van der Waals surface area contributed by atoms with Crippen LogP contribution in [0, 0.1) is 12.8 Å². The molecule has 1 aromatic heterocycles. The fourth-order valence-corrected chi connectivity index (χ4v) is 2.01. The third-order valence-corrected chi connectivity index (χ3v) is 3.19. The van der Waals surface area contributed by atoms with Gasteiger partial charge in [0.1, 0.15) is 5.82 Å². The van der Waals surface area contributed by atoms with Gasteiger partial charge in [-0.2, -0.15) is 0 Å². The Kier molecular flexibility index (Phi) is 3.61. The summed E-state index contributed by atoms with van der Waals surface area (Å²) in [6.07, 6.45) is 2.18. The molecule has 1 N–H and O–H groups in total. The van der Waals surface area contributed by atoms with E-state index in [9.17, 15) is 4.79 Å². The third-order valence-electron chi connectivity index (χ3n) is 3.19. The zero-order valence-electron chi connectivity index (χ0n) is 10.4. The van der Waals surface area contributed by atoms with Gasteiger partial charge in [-0.15, -0.1) is 0 Å². The summed E-state index contributed by atoms with van der Waals surface area (Å²) in [5.41, 5.74) is 0.912. The summed E-state index contributed by atoms with van der Waals surface area (Å²) in [6.45, 7) is 5.84. The summed E-state index contributed by atoms with van der Waals surface area (Å²) < 4.78 is 0. The predicted molar refractivity (Wildman–Crippen MR) is 68.0 cm³/mol. The smallest absolute Gasteiger partial charge is 0.323 e. The maximum atomic E-state index is 12.0. The molecule has 1 fully saturated rings. The predicted octanol–water partition coefficient (Wildman–Crippen LogP) is 2.65. The van der Waals surface area contributed by atoms with Gasteiger partial charge in [0.15, 0.2) is 0 Å². The van der Waals surface area contributed by atoms with Gasteiger partial charge in [-0.25, -0.2) is 9.78 Å². The summed E-state index contributed by atoms with van der Waals surface area (Å²) in [5.74, 6) is 1.37. The molecule has 0 radical (unpaired) electrons. The minimum Gasteiger partial charge on any atom is -0.324 e. The minimum absolute atomic E-state index is 0.0324. The molecule has 4 nitrogen and oxygen atoms in total. The van der Waals surface area contributed by atoms with Crippen LogP contribution in [0.15, 0.2) is 18.2 Å². The van der Waals surface area contributed by atoms with Gasteiger partial charge >= 0.3 is 6.03 Å². The second-order valence-electron chi connectivity index (χ2n) is 4.76. The third kappa shape index (κ3) is 3.19. The number of nitrogens with one attached hydrogen (secondary N) is 1. The number of amides is 2. The van der Waals surface area contributed by atoms with Crippen molar-refractivity contribution < 1.29 is 4.79 Å². The van der Waals surface area contributed by atoms with E-state index in [2.05, 4.69) is 17.2 Å². The molecule has 0 saturated carbocycles. The Morgan fingerprint density at radius 3 is 2.76 bits per heavy atom. The van der Waals surface area contributed by atoms with Gasteiger partial charge in [0, 0.05) is 18.8 Å². The Bertz CT molecular complexity index is 397. The van der Waals surface area contributed by atoms with Crippen molar-refractivity contribution in [3.63, 3.8) is 0 Å². The van der Waals surface area contributed by atoms with Gasteiger partial charge in [0.2, 0.25) is 0 Å². The van der Waals surface area contributed by atoms with E-state index in [0.717, 1.165) is 37.5 Å². The lowest BCUT2D eigenvalue weighted by Gasteiger charge is -2.30. The summed E-state index contributed by atoms with van der Waals surface area (Å²) in [6, 6.07) is 5.60. The van der Waals surface area contributed by atoms with Crippen molar-refractivity contribution in [3.8, 4) is 0 Å². The standard InChI is InChI=1S/C13H19N3O/c1-10-6-8-16(9-7-10)13(17)15-12-5-3-4-11(2)14-12/h3-5,10H,6-9H2,1-2H3,(H,14,15,17). The van der Waals surface area contributed by atoms with Gasteiger partial charge in [-0.3, -0.25) is 5.32 Å². The summed E-state index contributed by atoms with van der Waals surface area (Å²) in [4.78, 5) is 18.1. The van der Waals surface area contributed by atoms with Crippen LogP contribution < -0.4 is 5.32 Å². The van der Waals surface area contributed by atoms with E-state index in [0.29, 0.717) is 5.82 Å². The van der Waals surface area contributed by atoms with E-state index in [1.807, 2.05) is 30.0 Å². The number of pyridine rings is 1. The number of nitrogens with zero attached hydrogens (tertiary/aromatic N) is 2. The number of hydrogen-bond acceptors (Lipinski definition) is 2. The Hall–Kier alpha value is -1.58. The molecule has 1 aliphatic rings. The quantitative estimate of drug-likeness (QED) is 0.810.